The fourth-order valence-electron chi connectivity index (χ4n) is 4.70. The molecule has 3 aromatic heterocycles. The third-order valence-corrected chi connectivity index (χ3v) is 6.49. The third kappa shape index (κ3) is 3.86. The van der Waals surface area contributed by atoms with Crippen molar-refractivity contribution in [1.82, 2.24) is 29.6 Å². The highest BCUT2D eigenvalue weighted by atomic mass is 19.4. The van der Waals surface area contributed by atoms with Crippen molar-refractivity contribution >= 4 is 33.5 Å². The van der Waals surface area contributed by atoms with Crippen molar-refractivity contribution in [2.24, 2.45) is 5.92 Å². The number of alkyl halides is 3. The number of carbonyl (C=O) groups is 1. The first-order valence-electron chi connectivity index (χ1n) is 11.5. The molecule has 1 aliphatic heterocycles. The van der Waals surface area contributed by atoms with E-state index in [0.29, 0.717) is 47.2 Å². The number of hydrogen-bond donors (Lipinski definition) is 1. The number of benzene rings is 1. The van der Waals surface area contributed by atoms with Crippen LogP contribution in [0.25, 0.3) is 27.5 Å². The fourth-order valence-corrected chi connectivity index (χ4v) is 4.70. The van der Waals surface area contributed by atoms with Crippen LogP contribution in [0.1, 0.15) is 25.1 Å². The number of anilines is 1. The molecule has 0 aliphatic carbocycles. The number of fused-ring (bicyclic) bond motifs is 2. The molecule has 0 radical (unpaired) electrons. The Morgan fingerprint density at radius 2 is 1.81 bits per heavy atom. The van der Waals surface area contributed by atoms with Gasteiger partial charge in [0, 0.05) is 37.5 Å². The lowest BCUT2D eigenvalue weighted by atomic mass is 10.1. The van der Waals surface area contributed by atoms with Crippen LogP contribution in [0.3, 0.4) is 0 Å². The molecule has 0 unspecified atom stereocenters. The van der Waals surface area contributed by atoms with Crippen LogP contribution < -0.4 is 10.5 Å². The molecule has 1 amide bonds. The van der Waals surface area contributed by atoms with Crippen molar-refractivity contribution in [2.75, 3.05) is 31.1 Å². The molecule has 12 heteroatoms. The molecule has 1 fully saturated rings. The van der Waals surface area contributed by atoms with E-state index in [1.165, 1.54) is 12.5 Å². The lowest BCUT2D eigenvalue weighted by molar-refractivity contribution is -0.142. The van der Waals surface area contributed by atoms with E-state index in [9.17, 15) is 22.8 Å². The lowest BCUT2D eigenvalue weighted by Crippen LogP contribution is -2.50. The summed E-state index contributed by atoms with van der Waals surface area (Å²) in [5, 5.41) is 7.08. The summed E-state index contributed by atoms with van der Waals surface area (Å²) in [4.78, 5) is 37.8. The van der Waals surface area contributed by atoms with E-state index >= 15 is 0 Å². The number of nitrogens with zero attached hydrogens (tertiary/aromatic N) is 6. The van der Waals surface area contributed by atoms with Crippen molar-refractivity contribution in [1.29, 1.82) is 0 Å². The molecule has 1 aliphatic rings. The number of halogens is 3. The van der Waals surface area contributed by atoms with E-state index in [-0.39, 0.29) is 34.2 Å². The second-order valence-corrected chi connectivity index (χ2v) is 9.16. The van der Waals surface area contributed by atoms with E-state index in [1.54, 1.807) is 28.9 Å². The van der Waals surface area contributed by atoms with E-state index in [0.717, 1.165) is 6.07 Å². The summed E-state index contributed by atoms with van der Waals surface area (Å²) >= 11 is 0. The minimum atomic E-state index is -4.83. The predicted molar refractivity (Wildman–Crippen MR) is 128 cm³/mol. The molecule has 1 aromatic carbocycles. The molecule has 0 spiro atoms. The Labute approximate surface area is 203 Å². The van der Waals surface area contributed by atoms with Crippen molar-refractivity contribution in [3.05, 3.63) is 52.3 Å². The Morgan fingerprint density at radius 1 is 1.08 bits per heavy atom. The number of hydrogen-bond acceptors (Lipinski definition) is 6. The summed E-state index contributed by atoms with van der Waals surface area (Å²) < 4.78 is 43.9. The smallest absolute Gasteiger partial charge is 0.352 e. The summed E-state index contributed by atoms with van der Waals surface area (Å²) in [6.07, 6.45) is -2.24. The van der Waals surface area contributed by atoms with Gasteiger partial charge in [-0.25, -0.2) is 9.97 Å². The normalized spacial score (nSPS) is 14.9. The van der Waals surface area contributed by atoms with Gasteiger partial charge in [-0.3, -0.25) is 19.3 Å². The van der Waals surface area contributed by atoms with Gasteiger partial charge in [-0.15, -0.1) is 0 Å². The summed E-state index contributed by atoms with van der Waals surface area (Å²) in [6, 6.07) is 4.27. The average Bonchev–Trinajstić information content (AvgIpc) is 3.32. The molecule has 0 bridgehead atoms. The van der Waals surface area contributed by atoms with Crippen molar-refractivity contribution in [3.63, 3.8) is 0 Å². The number of aryl methyl sites for hydroxylation is 1. The number of pyridine rings is 1. The van der Waals surface area contributed by atoms with E-state index in [4.69, 9.17) is 0 Å². The minimum Gasteiger partial charge on any atom is -0.352 e. The first-order valence-corrected chi connectivity index (χ1v) is 11.5. The number of nitrogens with one attached hydrogen (secondary N) is 1. The SMILES string of the molecule is Cc1ccc2[nH]ncc2c1-n1c(C(F)(F)F)cc2c(N3CCN(C(=O)C(C)C)CC3)ncnc2c1=O. The van der Waals surface area contributed by atoms with Gasteiger partial charge in [-0.05, 0) is 24.6 Å². The minimum absolute atomic E-state index is 0.0201. The average molecular weight is 499 g/mol. The molecular formula is C24H24F3N7O2. The van der Waals surface area contributed by atoms with E-state index < -0.39 is 17.4 Å². The van der Waals surface area contributed by atoms with Crippen LogP contribution in [0.2, 0.25) is 0 Å². The molecule has 4 heterocycles. The number of rotatable bonds is 3. The second-order valence-electron chi connectivity index (χ2n) is 9.16. The second kappa shape index (κ2) is 8.61. The van der Waals surface area contributed by atoms with Crippen LogP contribution in [-0.4, -0.2) is 61.7 Å². The maximum Gasteiger partial charge on any atom is 0.431 e. The highest BCUT2D eigenvalue weighted by Gasteiger charge is 2.37. The molecule has 36 heavy (non-hydrogen) atoms. The largest absolute Gasteiger partial charge is 0.431 e. The molecule has 1 saturated heterocycles. The number of aromatic amines is 1. The van der Waals surface area contributed by atoms with Crippen molar-refractivity contribution in [2.45, 2.75) is 26.9 Å². The van der Waals surface area contributed by atoms with E-state index in [1.807, 2.05) is 13.8 Å². The third-order valence-electron chi connectivity index (χ3n) is 6.49. The predicted octanol–water partition coefficient (Wildman–Crippen LogP) is 3.29. The van der Waals surface area contributed by atoms with Crippen LogP contribution in [0, 0.1) is 12.8 Å². The topological polar surface area (TPSA) is 100 Å². The van der Waals surface area contributed by atoms with Gasteiger partial charge in [0.15, 0.2) is 0 Å². The zero-order valence-corrected chi connectivity index (χ0v) is 19.9. The number of amides is 1. The van der Waals surface area contributed by atoms with Gasteiger partial charge in [-0.1, -0.05) is 19.9 Å². The molecular weight excluding hydrogens is 475 g/mol. The van der Waals surface area contributed by atoms with Gasteiger partial charge in [-0.2, -0.15) is 18.3 Å². The molecule has 0 atom stereocenters. The van der Waals surface area contributed by atoms with Crippen molar-refractivity contribution < 1.29 is 18.0 Å². The fraction of sp³-hybridized carbons (Fsp3) is 0.375. The van der Waals surface area contributed by atoms with Crippen LogP contribution >= 0.6 is 0 Å². The lowest BCUT2D eigenvalue weighted by Gasteiger charge is -2.36. The van der Waals surface area contributed by atoms with E-state index in [2.05, 4.69) is 20.2 Å². The summed E-state index contributed by atoms with van der Waals surface area (Å²) in [7, 11) is 0. The molecule has 188 valence electrons. The Kier molecular flexibility index (Phi) is 5.68. The van der Waals surface area contributed by atoms with Gasteiger partial charge in [0.25, 0.3) is 5.56 Å². The van der Waals surface area contributed by atoms with Crippen molar-refractivity contribution in [3.8, 4) is 5.69 Å². The number of carbonyl (C=O) groups excluding carboxylic acids is 1. The number of H-pyrrole nitrogens is 1. The zero-order chi connectivity index (χ0) is 25.8. The van der Waals surface area contributed by atoms with Crippen LogP contribution in [0.15, 0.2) is 35.5 Å². The Balaban J connectivity index is 1.68. The van der Waals surface area contributed by atoms with Gasteiger partial charge in [0.1, 0.15) is 23.4 Å². The zero-order valence-electron chi connectivity index (χ0n) is 19.9. The molecule has 0 saturated carbocycles. The molecule has 4 aromatic rings. The highest BCUT2D eigenvalue weighted by Crippen LogP contribution is 2.36. The summed E-state index contributed by atoms with van der Waals surface area (Å²) in [6.45, 7) is 6.86. The van der Waals surface area contributed by atoms with Gasteiger partial charge in [0.05, 0.1) is 22.8 Å². The summed E-state index contributed by atoms with van der Waals surface area (Å²) in [5.41, 5.74) is -1.05. The number of piperazine rings is 1. The van der Waals surface area contributed by atoms with Crippen LogP contribution in [0.5, 0.6) is 0 Å². The maximum atomic E-state index is 14.4. The first kappa shape index (κ1) is 23.8. The molecule has 9 nitrogen and oxygen atoms in total. The Hall–Kier alpha value is -3.96. The van der Waals surface area contributed by atoms with Gasteiger partial charge in [0.2, 0.25) is 5.91 Å². The molecule has 1 N–H and O–H groups in total. The highest BCUT2D eigenvalue weighted by molar-refractivity contribution is 5.92. The van der Waals surface area contributed by atoms with Crippen LogP contribution in [-0.2, 0) is 11.0 Å². The van der Waals surface area contributed by atoms with Gasteiger partial charge < -0.3 is 9.80 Å². The Bertz CT molecular complexity index is 1530. The first-order chi connectivity index (χ1) is 17.1. The number of aromatic nitrogens is 5. The maximum absolute atomic E-state index is 14.4. The van der Waals surface area contributed by atoms with Gasteiger partial charge >= 0.3 is 6.18 Å². The summed E-state index contributed by atoms with van der Waals surface area (Å²) in [5.74, 6) is 0.116. The van der Waals surface area contributed by atoms with Crippen LogP contribution in [0.4, 0.5) is 19.0 Å². The Morgan fingerprint density at radius 3 is 2.47 bits per heavy atom. The molecule has 5 rings (SSSR count). The monoisotopic (exact) mass is 499 g/mol. The standard InChI is InChI=1S/C24H24F3N7O2/c1-13(2)22(35)33-8-6-32(7-9-33)21-15-10-18(24(25,26)27)34(23(36)19(15)28-12-29-21)20-14(3)4-5-17-16(20)11-30-31-17/h4-5,10-13H,6-9H2,1-3H3,(H,30,31). The quantitative estimate of drug-likeness (QED) is 0.465.